The van der Waals surface area contributed by atoms with E-state index >= 15 is 0 Å². The molecule has 0 aliphatic carbocycles. The molecule has 0 aliphatic rings. The van der Waals surface area contributed by atoms with Gasteiger partial charge in [0.2, 0.25) is 0 Å². The number of halogens is 2. The molecule has 0 aliphatic heterocycles. The minimum Gasteiger partial charge on any atom is -0.258 e. The van der Waals surface area contributed by atoms with Crippen molar-refractivity contribution in [1.82, 2.24) is 4.98 Å². The average Bonchev–Trinajstić information content (AvgIpc) is 2.19. The van der Waals surface area contributed by atoms with Crippen LogP contribution in [-0.4, -0.2) is 9.91 Å². The largest absolute Gasteiger partial charge is 0.288 e. The molecule has 76 valence electrons. The molecule has 0 radical (unpaired) electrons. The highest BCUT2D eigenvalue weighted by Gasteiger charge is 2.08. The van der Waals surface area contributed by atoms with Crippen molar-refractivity contribution >= 4 is 39.8 Å². The summed E-state index contributed by atoms with van der Waals surface area (Å²) in [6.45, 7) is 0. The number of fused-ring (bicyclic) bond motifs is 1. The van der Waals surface area contributed by atoms with Gasteiger partial charge in [0.15, 0.2) is 0 Å². The monoisotopic (exact) mass is 242 g/mol. The van der Waals surface area contributed by atoms with E-state index in [0.29, 0.717) is 20.9 Å². The minimum atomic E-state index is -0.505. The van der Waals surface area contributed by atoms with E-state index in [0.717, 1.165) is 0 Å². The molecule has 0 fully saturated rings. The van der Waals surface area contributed by atoms with Crippen LogP contribution in [0.3, 0.4) is 0 Å². The number of hydrogen-bond donors (Lipinski definition) is 0. The highest BCUT2D eigenvalue weighted by atomic mass is 35.5. The van der Waals surface area contributed by atoms with Crippen LogP contribution in [-0.2, 0) is 0 Å². The molecule has 2 rings (SSSR count). The molecule has 0 saturated heterocycles. The first-order valence-corrected chi connectivity index (χ1v) is 4.73. The first-order chi connectivity index (χ1) is 7.08. The van der Waals surface area contributed by atoms with Crippen LogP contribution in [0.1, 0.15) is 0 Å². The van der Waals surface area contributed by atoms with E-state index in [4.69, 9.17) is 23.2 Å². The topological polar surface area (TPSA) is 56.0 Å². The van der Waals surface area contributed by atoms with Crippen LogP contribution in [0, 0.1) is 10.1 Å². The Morgan fingerprint density at radius 3 is 2.53 bits per heavy atom. The first-order valence-electron chi connectivity index (χ1n) is 3.97. The number of nitro groups is 1. The summed E-state index contributed by atoms with van der Waals surface area (Å²) in [4.78, 5) is 13.9. The quantitative estimate of drug-likeness (QED) is 0.569. The highest BCUT2D eigenvalue weighted by Crippen LogP contribution is 2.28. The molecule has 0 atom stereocenters. The molecule has 15 heavy (non-hydrogen) atoms. The van der Waals surface area contributed by atoms with Gasteiger partial charge in [-0.2, -0.15) is 0 Å². The standard InChI is InChI=1S/C9H4Cl2N2O2/c10-7-2-5-1-6(13(14)15)4-12-9(5)3-8(7)11/h1-4H. The number of benzene rings is 1. The predicted molar refractivity (Wildman–Crippen MR) is 58.4 cm³/mol. The molecule has 0 bridgehead atoms. The molecule has 0 unspecified atom stereocenters. The van der Waals surface area contributed by atoms with Crippen molar-refractivity contribution in [3.8, 4) is 0 Å². The van der Waals surface area contributed by atoms with E-state index in [2.05, 4.69) is 4.98 Å². The Morgan fingerprint density at radius 2 is 1.87 bits per heavy atom. The van der Waals surface area contributed by atoms with Crippen LogP contribution in [0.25, 0.3) is 10.9 Å². The van der Waals surface area contributed by atoms with Gasteiger partial charge in [-0.3, -0.25) is 10.1 Å². The minimum absolute atomic E-state index is 0.0686. The molecule has 0 amide bonds. The van der Waals surface area contributed by atoms with Gasteiger partial charge in [0.05, 0.1) is 20.5 Å². The normalized spacial score (nSPS) is 10.5. The summed E-state index contributed by atoms with van der Waals surface area (Å²) in [5.41, 5.74) is 0.510. The molecule has 6 heteroatoms. The fourth-order valence-electron chi connectivity index (χ4n) is 1.21. The average molecular weight is 243 g/mol. The van der Waals surface area contributed by atoms with Gasteiger partial charge in [-0.05, 0) is 12.1 Å². The number of pyridine rings is 1. The summed E-state index contributed by atoms with van der Waals surface area (Å²) in [5, 5.41) is 11.8. The summed E-state index contributed by atoms with van der Waals surface area (Å²) in [5.74, 6) is 0. The summed E-state index contributed by atoms with van der Waals surface area (Å²) in [6.07, 6.45) is 1.19. The predicted octanol–water partition coefficient (Wildman–Crippen LogP) is 3.45. The summed E-state index contributed by atoms with van der Waals surface area (Å²) in [6, 6.07) is 4.53. The third-order valence-electron chi connectivity index (χ3n) is 1.92. The Bertz CT molecular complexity index is 557. The molecule has 0 N–H and O–H groups in total. The van der Waals surface area contributed by atoms with Crippen LogP contribution >= 0.6 is 23.2 Å². The lowest BCUT2D eigenvalue weighted by Crippen LogP contribution is -1.89. The van der Waals surface area contributed by atoms with Gasteiger partial charge in [-0.25, -0.2) is 4.98 Å². The third kappa shape index (κ3) is 1.86. The van der Waals surface area contributed by atoms with Crippen molar-refractivity contribution in [3.63, 3.8) is 0 Å². The van der Waals surface area contributed by atoms with E-state index in [1.807, 2.05) is 0 Å². The van der Waals surface area contributed by atoms with E-state index in [9.17, 15) is 10.1 Å². The Balaban J connectivity index is 2.72. The van der Waals surface area contributed by atoms with Gasteiger partial charge in [0.25, 0.3) is 5.69 Å². The third-order valence-corrected chi connectivity index (χ3v) is 2.64. The Labute approximate surface area is 94.6 Å². The van der Waals surface area contributed by atoms with Gasteiger partial charge in [-0.15, -0.1) is 0 Å². The fourth-order valence-corrected chi connectivity index (χ4v) is 1.54. The van der Waals surface area contributed by atoms with Gasteiger partial charge in [0, 0.05) is 11.5 Å². The van der Waals surface area contributed by atoms with Crippen LogP contribution in [0.2, 0.25) is 10.0 Å². The van der Waals surface area contributed by atoms with Crippen LogP contribution in [0.5, 0.6) is 0 Å². The summed E-state index contributed by atoms with van der Waals surface area (Å²) >= 11 is 11.6. The maximum Gasteiger partial charge on any atom is 0.288 e. The van der Waals surface area contributed by atoms with Crippen LogP contribution < -0.4 is 0 Å². The molecule has 1 aromatic carbocycles. The van der Waals surface area contributed by atoms with Gasteiger partial charge in [0.1, 0.15) is 6.20 Å². The number of hydrogen-bond acceptors (Lipinski definition) is 3. The summed E-state index contributed by atoms with van der Waals surface area (Å²) < 4.78 is 0. The van der Waals surface area contributed by atoms with Gasteiger partial charge in [-0.1, -0.05) is 23.2 Å². The zero-order valence-corrected chi connectivity index (χ0v) is 8.79. The van der Waals surface area contributed by atoms with Crippen molar-refractivity contribution in [2.24, 2.45) is 0 Å². The second kappa shape index (κ2) is 3.64. The maximum atomic E-state index is 10.5. The molecular weight excluding hydrogens is 239 g/mol. The van der Waals surface area contributed by atoms with Crippen molar-refractivity contribution in [2.45, 2.75) is 0 Å². The second-order valence-corrected chi connectivity index (χ2v) is 3.72. The SMILES string of the molecule is O=[N+]([O-])c1cnc2cc(Cl)c(Cl)cc2c1. The molecule has 1 aromatic heterocycles. The summed E-state index contributed by atoms with van der Waals surface area (Å²) in [7, 11) is 0. The van der Waals surface area contributed by atoms with E-state index in [1.54, 1.807) is 12.1 Å². The molecular formula is C9H4Cl2N2O2. The zero-order chi connectivity index (χ0) is 11.0. The van der Waals surface area contributed by atoms with Gasteiger partial charge >= 0.3 is 0 Å². The fraction of sp³-hybridized carbons (Fsp3) is 0. The first kappa shape index (κ1) is 10.1. The lowest BCUT2D eigenvalue weighted by atomic mass is 10.2. The van der Waals surface area contributed by atoms with Crippen LogP contribution in [0.15, 0.2) is 24.4 Å². The zero-order valence-electron chi connectivity index (χ0n) is 7.28. The lowest BCUT2D eigenvalue weighted by Gasteiger charge is -1.99. The lowest BCUT2D eigenvalue weighted by molar-refractivity contribution is -0.385. The van der Waals surface area contributed by atoms with Crippen LogP contribution in [0.4, 0.5) is 5.69 Å². The molecule has 4 nitrogen and oxygen atoms in total. The molecule has 0 spiro atoms. The Hall–Kier alpha value is -1.39. The van der Waals surface area contributed by atoms with E-state index in [-0.39, 0.29) is 5.69 Å². The maximum absolute atomic E-state index is 10.5. The van der Waals surface area contributed by atoms with Crippen molar-refractivity contribution in [2.75, 3.05) is 0 Å². The number of aromatic nitrogens is 1. The smallest absolute Gasteiger partial charge is 0.258 e. The molecule has 0 saturated carbocycles. The van der Waals surface area contributed by atoms with Crippen molar-refractivity contribution in [1.29, 1.82) is 0 Å². The number of rotatable bonds is 1. The van der Waals surface area contributed by atoms with E-state index in [1.165, 1.54) is 12.3 Å². The van der Waals surface area contributed by atoms with E-state index < -0.39 is 4.92 Å². The second-order valence-electron chi connectivity index (χ2n) is 2.91. The molecule has 1 heterocycles. The Morgan fingerprint density at radius 1 is 1.20 bits per heavy atom. The highest BCUT2D eigenvalue weighted by molar-refractivity contribution is 6.42. The number of nitrogens with zero attached hydrogens (tertiary/aromatic N) is 2. The molecule has 2 aromatic rings. The Kier molecular flexibility index (Phi) is 2.46. The van der Waals surface area contributed by atoms with Crippen molar-refractivity contribution in [3.05, 3.63) is 44.6 Å². The van der Waals surface area contributed by atoms with Gasteiger partial charge < -0.3 is 0 Å². The van der Waals surface area contributed by atoms with Crippen molar-refractivity contribution < 1.29 is 4.92 Å².